The summed E-state index contributed by atoms with van der Waals surface area (Å²) in [5.74, 6) is -0.157. The molecule has 1 heterocycles. The van der Waals surface area contributed by atoms with Crippen LogP contribution in [0.25, 0.3) is 0 Å². The van der Waals surface area contributed by atoms with E-state index >= 15 is 0 Å². The minimum absolute atomic E-state index is 0.0400. The van der Waals surface area contributed by atoms with Gasteiger partial charge in [-0.15, -0.1) is 0 Å². The van der Waals surface area contributed by atoms with Gasteiger partial charge in [-0.2, -0.15) is 18.3 Å². The summed E-state index contributed by atoms with van der Waals surface area (Å²) in [6.45, 7) is 6.95. The van der Waals surface area contributed by atoms with Crippen LogP contribution < -0.4 is 5.32 Å². The molecule has 0 atom stereocenters. The lowest BCUT2D eigenvalue weighted by atomic mass is 9.99. The van der Waals surface area contributed by atoms with Crippen molar-refractivity contribution in [1.82, 2.24) is 9.78 Å². The third kappa shape index (κ3) is 4.74. The smallest absolute Gasteiger partial charge is 0.436 e. The molecule has 0 fully saturated rings. The van der Waals surface area contributed by atoms with E-state index in [4.69, 9.17) is 11.6 Å². The van der Waals surface area contributed by atoms with Crippen LogP contribution in [-0.2, 0) is 17.5 Å². The predicted molar refractivity (Wildman–Crippen MR) is 97.2 cm³/mol. The molecular formula is C18H21ClF3N3O2. The molecule has 0 unspecified atom stereocenters. The lowest BCUT2D eigenvalue weighted by molar-refractivity contribution is -0.141. The highest BCUT2D eigenvalue weighted by Gasteiger charge is 2.38. The average Bonchev–Trinajstić information content (AvgIpc) is 2.83. The number of carbonyl (C=O) groups excluding carboxylic acids is 1. The Balaban J connectivity index is 2.11. The van der Waals surface area contributed by atoms with Gasteiger partial charge in [0.2, 0.25) is 5.91 Å². The van der Waals surface area contributed by atoms with E-state index in [1.807, 2.05) is 13.8 Å². The number of aromatic hydroxyl groups is 1. The zero-order valence-corrected chi connectivity index (χ0v) is 16.2. The first-order chi connectivity index (χ1) is 12.4. The molecule has 0 saturated heterocycles. The number of carbonyl (C=O) groups is 1. The summed E-state index contributed by atoms with van der Waals surface area (Å²) in [4.78, 5) is 12.2. The Morgan fingerprint density at radius 2 is 1.96 bits per heavy atom. The summed E-state index contributed by atoms with van der Waals surface area (Å²) >= 11 is 5.70. The maximum Gasteiger partial charge on any atom is 0.436 e. The van der Waals surface area contributed by atoms with Crippen molar-refractivity contribution in [1.29, 1.82) is 0 Å². The first kappa shape index (κ1) is 21.1. The van der Waals surface area contributed by atoms with Crippen molar-refractivity contribution in [3.63, 3.8) is 0 Å². The van der Waals surface area contributed by atoms with Gasteiger partial charge in [0.15, 0.2) is 5.69 Å². The molecule has 1 aromatic carbocycles. The lowest BCUT2D eigenvalue weighted by Crippen LogP contribution is -2.17. The van der Waals surface area contributed by atoms with Crippen LogP contribution in [0.2, 0.25) is 5.02 Å². The number of hydrogen-bond acceptors (Lipinski definition) is 3. The molecule has 0 saturated carbocycles. The maximum absolute atomic E-state index is 12.8. The number of rotatable bonds is 5. The van der Waals surface area contributed by atoms with E-state index in [-0.39, 0.29) is 36.2 Å². The minimum Gasteiger partial charge on any atom is -0.508 e. The molecule has 2 N–H and O–H groups in total. The number of phenolic OH excluding ortho intramolecular Hbond substituents is 1. The van der Waals surface area contributed by atoms with Crippen LogP contribution in [0.15, 0.2) is 12.1 Å². The van der Waals surface area contributed by atoms with Crippen molar-refractivity contribution in [3.8, 4) is 5.75 Å². The fourth-order valence-corrected chi connectivity index (χ4v) is 2.89. The van der Waals surface area contributed by atoms with Crippen molar-refractivity contribution < 1.29 is 23.1 Å². The number of alkyl halides is 3. The molecule has 2 aromatic rings. The van der Waals surface area contributed by atoms with Crippen LogP contribution in [0.4, 0.5) is 18.9 Å². The monoisotopic (exact) mass is 403 g/mol. The SMILES string of the molecule is Cc1cc(O)c(C(C)C)cc1NC(=O)CCn1nc(C(F)(F)F)c(Cl)c1C. The molecule has 5 nitrogen and oxygen atoms in total. The van der Waals surface area contributed by atoms with Gasteiger partial charge < -0.3 is 10.4 Å². The van der Waals surface area contributed by atoms with E-state index in [1.165, 1.54) is 6.92 Å². The summed E-state index contributed by atoms with van der Waals surface area (Å²) < 4.78 is 39.6. The van der Waals surface area contributed by atoms with Gasteiger partial charge in [-0.1, -0.05) is 25.4 Å². The lowest BCUT2D eigenvalue weighted by Gasteiger charge is -2.14. The summed E-state index contributed by atoms with van der Waals surface area (Å²) in [5, 5.41) is 15.7. The highest BCUT2D eigenvalue weighted by atomic mass is 35.5. The molecule has 0 bridgehead atoms. The molecule has 27 heavy (non-hydrogen) atoms. The molecule has 148 valence electrons. The number of nitrogens with one attached hydrogen (secondary N) is 1. The minimum atomic E-state index is -4.65. The van der Waals surface area contributed by atoms with E-state index in [0.29, 0.717) is 16.8 Å². The first-order valence-electron chi connectivity index (χ1n) is 8.35. The summed E-state index contributed by atoms with van der Waals surface area (Å²) in [7, 11) is 0. The van der Waals surface area contributed by atoms with Crippen molar-refractivity contribution >= 4 is 23.2 Å². The average molecular weight is 404 g/mol. The van der Waals surface area contributed by atoms with Gasteiger partial charge in [-0.05, 0) is 43.0 Å². The second-order valence-corrected chi connectivity index (χ2v) is 7.03. The molecule has 0 aliphatic heterocycles. The molecule has 9 heteroatoms. The van der Waals surface area contributed by atoms with Gasteiger partial charge in [0, 0.05) is 12.1 Å². The van der Waals surface area contributed by atoms with Gasteiger partial charge in [-0.25, -0.2) is 0 Å². The number of aromatic nitrogens is 2. The van der Waals surface area contributed by atoms with E-state index in [1.54, 1.807) is 19.1 Å². The topological polar surface area (TPSA) is 67.2 Å². The Kier molecular flexibility index (Phi) is 6.09. The van der Waals surface area contributed by atoms with Gasteiger partial charge >= 0.3 is 6.18 Å². The quantitative estimate of drug-likeness (QED) is 0.688. The third-order valence-corrected chi connectivity index (χ3v) is 4.67. The zero-order chi connectivity index (χ0) is 20.5. The van der Waals surface area contributed by atoms with Crippen LogP contribution in [0.5, 0.6) is 5.75 Å². The second-order valence-electron chi connectivity index (χ2n) is 6.65. The number of anilines is 1. The van der Waals surface area contributed by atoms with E-state index in [0.717, 1.165) is 4.68 Å². The maximum atomic E-state index is 12.8. The normalized spacial score (nSPS) is 11.9. The molecule has 0 aliphatic rings. The van der Waals surface area contributed by atoms with Crippen LogP contribution in [-0.4, -0.2) is 20.8 Å². The number of amides is 1. The number of nitrogens with zero attached hydrogens (tertiary/aromatic N) is 2. The summed E-state index contributed by atoms with van der Waals surface area (Å²) in [6.07, 6.45) is -4.72. The van der Waals surface area contributed by atoms with E-state index < -0.39 is 16.9 Å². The van der Waals surface area contributed by atoms with Crippen LogP contribution in [0, 0.1) is 13.8 Å². The van der Waals surface area contributed by atoms with E-state index in [9.17, 15) is 23.1 Å². The highest BCUT2D eigenvalue weighted by molar-refractivity contribution is 6.31. The van der Waals surface area contributed by atoms with Crippen LogP contribution in [0.1, 0.15) is 48.7 Å². The standard InChI is InChI=1S/C18H21ClF3N3O2/c1-9(2)12-8-13(10(3)7-14(12)26)23-15(27)5-6-25-11(4)16(19)17(24-25)18(20,21)22/h7-9,26H,5-6H2,1-4H3,(H,23,27). The fourth-order valence-electron chi connectivity index (χ4n) is 2.65. The molecule has 1 amide bonds. The number of benzene rings is 1. The zero-order valence-electron chi connectivity index (χ0n) is 15.4. The Morgan fingerprint density at radius 1 is 1.33 bits per heavy atom. The van der Waals surface area contributed by atoms with Crippen molar-refractivity contribution in [2.45, 2.75) is 52.8 Å². The Morgan fingerprint density at radius 3 is 2.48 bits per heavy atom. The second kappa shape index (κ2) is 7.80. The fraction of sp³-hybridized carbons (Fsp3) is 0.444. The Labute approximate surface area is 160 Å². The summed E-state index contributed by atoms with van der Waals surface area (Å²) in [6, 6.07) is 3.27. The molecule has 0 spiro atoms. The Hall–Kier alpha value is -2.22. The molecule has 1 aromatic heterocycles. The molecular weight excluding hydrogens is 383 g/mol. The van der Waals surface area contributed by atoms with Gasteiger partial charge in [-0.3, -0.25) is 9.48 Å². The molecule has 2 rings (SSSR count). The predicted octanol–water partition coefficient (Wildman–Crippen LogP) is 5.03. The van der Waals surface area contributed by atoms with Crippen molar-refractivity contribution in [2.24, 2.45) is 0 Å². The van der Waals surface area contributed by atoms with Gasteiger partial charge in [0.1, 0.15) is 5.75 Å². The number of phenols is 1. The van der Waals surface area contributed by atoms with E-state index in [2.05, 4.69) is 10.4 Å². The molecule has 0 aliphatic carbocycles. The highest BCUT2D eigenvalue weighted by Crippen LogP contribution is 2.35. The van der Waals surface area contributed by atoms with Crippen molar-refractivity contribution in [3.05, 3.63) is 39.7 Å². The molecule has 0 radical (unpaired) electrons. The van der Waals surface area contributed by atoms with Crippen LogP contribution >= 0.6 is 11.6 Å². The number of halogens is 4. The summed E-state index contributed by atoms with van der Waals surface area (Å²) in [5.41, 5.74) is 0.925. The van der Waals surface area contributed by atoms with Crippen molar-refractivity contribution in [2.75, 3.05) is 5.32 Å². The van der Waals surface area contributed by atoms with Gasteiger partial charge in [0.25, 0.3) is 0 Å². The van der Waals surface area contributed by atoms with Gasteiger partial charge in [0.05, 0.1) is 17.3 Å². The first-order valence-corrected chi connectivity index (χ1v) is 8.73. The van der Waals surface area contributed by atoms with Crippen LogP contribution in [0.3, 0.4) is 0 Å². The largest absolute Gasteiger partial charge is 0.508 e. The third-order valence-electron chi connectivity index (χ3n) is 4.22. The number of hydrogen-bond donors (Lipinski definition) is 2. The Bertz CT molecular complexity index is 861. The number of aryl methyl sites for hydroxylation is 2.